The number of rotatable bonds is 5. The Bertz CT molecular complexity index is 1080. The minimum Gasteiger partial charge on any atom is -0.339 e. The van der Waals surface area contributed by atoms with Crippen LogP contribution in [0.2, 0.25) is 0 Å². The zero-order chi connectivity index (χ0) is 21.3. The number of carbonyl (C=O) groups is 1. The summed E-state index contributed by atoms with van der Waals surface area (Å²) in [6.45, 7) is 6.25. The number of benzene rings is 2. The van der Waals surface area contributed by atoms with Crippen molar-refractivity contribution in [1.82, 2.24) is 9.97 Å². The molecule has 0 fully saturated rings. The van der Waals surface area contributed by atoms with E-state index in [2.05, 4.69) is 53.5 Å². The van der Waals surface area contributed by atoms with E-state index in [1.54, 1.807) is 12.1 Å². The topological polar surface area (TPSA) is 66.9 Å². The van der Waals surface area contributed by atoms with E-state index in [1.807, 2.05) is 12.1 Å². The number of aromatic nitrogens is 2. The molecule has 0 aliphatic heterocycles. The van der Waals surface area contributed by atoms with Crippen LogP contribution in [0, 0.1) is 11.2 Å². The van der Waals surface area contributed by atoms with Crippen LogP contribution in [0.25, 0.3) is 0 Å². The van der Waals surface area contributed by atoms with Crippen LogP contribution in [0.1, 0.15) is 48.8 Å². The van der Waals surface area contributed by atoms with E-state index in [0.29, 0.717) is 35.9 Å². The van der Waals surface area contributed by atoms with Crippen LogP contribution in [-0.4, -0.2) is 15.8 Å². The van der Waals surface area contributed by atoms with Crippen LogP contribution in [-0.2, 0) is 12.8 Å². The number of halogens is 1. The summed E-state index contributed by atoms with van der Waals surface area (Å²) in [5.74, 6) is 0.568. The van der Waals surface area contributed by atoms with Crippen molar-refractivity contribution in [2.75, 3.05) is 10.6 Å². The zero-order valence-corrected chi connectivity index (χ0v) is 17.4. The number of hydrogen-bond acceptors (Lipinski definition) is 5. The Morgan fingerprint density at radius 3 is 2.23 bits per heavy atom. The summed E-state index contributed by atoms with van der Waals surface area (Å²) >= 11 is 0. The van der Waals surface area contributed by atoms with Gasteiger partial charge in [-0.1, -0.05) is 32.9 Å². The van der Waals surface area contributed by atoms with Crippen LogP contribution < -0.4 is 10.6 Å². The molecule has 0 saturated heterocycles. The molecule has 0 amide bonds. The molecule has 0 radical (unpaired) electrons. The Kier molecular flexibility index (Phi) is 5.24. The van der Waals surface area contributed by atoms with Crippen molar-refractivity contribution >= 4 is 28.9 Å². The molecule has 1 aromatic heterocycles. The third kappa shape index (κ3) is 4.32. The van der Waals surface area contributed by atoms with E-state index in [1.165, 1.54) is 17.7 Å². The predicted octanol–water partition coefficient (Wildman–Crippen LogP) is 5.82. The van der Waals surface area contributed by atoms with E-state index in [-0.39, 0.29) is 17.0 Å². The highest BCUT2D eigenvalue weighted by atomic mass is 19.1. The van der Waals surface area contributed by atoms with Gasteiger partial charge in [-0.2, -0.15) is 4.98 Å². The molecule has 154 valence electrons. The molecule has 0 bridgehead atoms. The fourth-order valence-electron chi connectivity index (χ4n) is 3.74. The van der Waals surface area contributed by atoms with Gasteiger partial charge in [0, 0.05) is 17.8 Å². The molecule has 0 unspecified atom stereocenters. The van der Waals surface area contributed by atoms with Gasteiger partial charge in [0.25, 0.3) is 0 Å². The minimum absolute atomic E-state index is 0.0183. The lowest BCUT2D eigenvalue weighted by atomic mass is 9.75. The van der Waals surface area contributed by atoms with Crippen molar-refractivity contribution in [3.63, 3.8) is 0 Å². The van der Waals surface area contributed by atoms with Crippen molar-refractivity contribution in [2.45, 2.75) is 40.0 Å². The Hall–Kier alpha value is -3.28. The number of carbonyl (C=O) groups excluding carboxylic acids is 1. The Morgan fingerprint density at radius 2 is 1.57 bits per heavy atom. The second-order valence-corrected chi connectivity index (χ2v) is 8.47. The number of nitrogens with one attached hydrogen (secondary N) is 2. The van der Waals surface area contributed by atoms with Gasteiger partial charge in [-0.25, -0.2) is 9.37 Å². The second-order valence-electron chi connectivity index (χ2n) is 8.47. The standard InChI is InChI=1S/C24H25FN4O/c1-4-15-5-9-18(10-6-15)27-23-28-19-13-24(2,3)14-20(30)21(19)22(29-23)26-17-11-7-16(25)8-12-17/h5-12H,4,13-14H2,1-3H3,(H2,26,27,28,29). The quantitative estimate of drug-likeness (QED) is 0.561. The first-order chi connectivity index (χ1) is 14.3. The van der Waals surface area contributed by atoms with Gasteiger partial charge < -0.3 is 10.6 Å². The number of Topliss-reactive ketones (excluding diaryl/α,β-unsaturated/α-hetero) is 1. The molecule has 0 saturated carbocycles. The van der Waals surface area contributed by atoms with Crippen LogP contribution in [0.5, 0.6) is 0 Å². The largest absolute Gasteiger partial charge is 0.339 e. The molecule has 2 aromatic carbocycles. The number of hydrogen-bond donors (Lipinski definition) is 2. The summed E-state index contributed by atoms with van der Waals surface area (Å²) in [7, 11) is 0. The molecule has 4 rings (SSSR count). The lowest BCUT2D eigenvalue weighted by molar-refractivity contribution is 0.0911. The average molecular weight is 404 g/mol. The highest BCUT2D eigenvalue weighted by Crippen LogP contribution is 2.37. The number of fused-ring (bicyclic) bond motifs is 1. The molecular formula is C24H25FN4O. The van der Waals surface area contributed by atoms with Gasteiger partial charge >= 0.3 is 0 Å². The van der Waals surface area contributed by atoms with Crippen molar-refractivity contribution in [2.24, 2.45) is 5.41 Å². The summed E-state index contributed by atoms with van der Waals surface area (Å²) < 4.78 is 13.3. The molecule has 0 spiro atoms. The van der Waals surface area contributed by atoms with Gasteiger partial charge in [-0.05, 0) is 60.2 Å². The summed E-state index contributed by atoms with van der Waals surface area (Å²) in [5.41, 5.74) is 3.87. The molecule has 2 N–H and O–H groups in total. The van der Waals surface area contributed by atoms with Crippen LogP contribution in [0.15, 0.2) is 48.5 Å². The SMILES string of the molecule is CCc1ccc(Nc2nc3c(c(Nc4ccc(F)cc4)n2)C(=O)CC(C)(C)C3)cc1. The molecule has 1 heterocycles. The molecule has 6 heteroatoms. The summed E-state index contributed by atoms with van der Waals surface area (Å²) in [5, 5.41) is 6.43. The normalized spacial score (nSPS) is 14.9. The van der Waals surface area contributed by atoms with Gasteiger partial charge in [-0.15, -0.1) is 0 Å². The molecular weight excluding hydrogens is 379 g/mol. The van der Waals surface area contributed by atoms with Gasteiger partial charge in [0.15, 0.2) is 5.78 Å². The van der Waals surface area contributed by atoms with Gasteiger partial charge in [0.2, 0.25) is 5.95 Å². The lowest BCUT2D eigenvalue weighted by Gasteiger charge is -2.30. The third-order valence-electron chi connectivity index (χ3n) is 5.27. The Morgan fingerprint density at radius 1 is 0.933 bits per heavy atom. The van der Waals surface area contributed by atoms with Crippen molar-refractivity contribution in [3.05, 3.63) is 71.2 Å². The number of aryl methyl sites for hydroxylation is 1. The monoisotopic (exact) mass is 404 g/mol. The maximum atomic E-state index is 13.3. The zero-order valence-electron chi connectivity index (χ0n) is 17.4. The average Bonchev–Trinajstić information content (AvgIpc) is 2.69. The highest BCUT2D eigenvalue weighted by molar-refractivity contribution is 6.03. The van der Waals surface area contributed by atoms with Crippen molar-refractivity contribution in [3.8, 4) is 0 Å². The highest BCUT2D eigenvalue weighted by Gasteiger charge is 2.35. The lowest BCUT2D eigenvalue weighted by Crippen LogP contribution is -2.29. The first-order valence-corrected chi connectivity index (χ1v) is 10.2. The smallest absolute Gasteiger partial charge is 0.229 e. The van der Waals surface area contributed by atoms with Crippen LogP contribution in [0.3, 0.4) is 0 Å². The van der Waals surface area contributed by atoms with E-state index >= 15 is 0 Å². The Balaban J connectivity index is 1.73. The maximum absolute atomic E-state index is 13.3. The first-order valence-electron chi connectivity index (χ1n) is 10.2. The van der Waals surface area contributed by atoms with E-state index in [9.17, 15) is 9.18 Å². The van der Waals surface area contributed by atoms with E-state index < -0.39 is 0 Å². The van der Waals surface area contributed by atoms with Gasteiger partial charge in [-0.3, -0.25) is 4.79 Å². The first kappa shape index (κ1) is 20.0. The summed E-state index contributed by atoms with van der Waals surface area (Å²) in [6, 6.07) is 14.1. The minimum atomic E-state index is -0.319. The summed E-state index contributed by atoms with van der Waals surface area (Å²) in [6.07, 6.45) is 2.09. The number of nitrogens with zero attached hydrogens (tertiary/aromatic N) is 2. The maximum Gasteiger partial charge on any atom is 0.229 e. The van der Waals surface area contributed by atoms with Crippen molar-refractivity contribution in [1.29, 1.82) is 0 Å². The number of ketones is 1. The van der Waals surface area contributed by atoms with Gasteiger partial charge in [0.05, 0.1) is 11.3 Å². The molecule has 3 aromatic rings. The molecule has 0 atom stereocenters. The number of anilines is 4. The fraction of sp³-hybridized carbons (Fsp3) is 0.292. The predicted molar refractivity (Wildman–Crippen MR) is 117 cm³/mol. The third-order valence-corrected chi connectivity index (χ3v) is 5.27. The van der Waals surface area contributed by atoms with Gasteiger partial charge in [0.1, 0.15) is 11.6 Å². The Labute approximate surface area is 175 Å². The molecule has 5 nitrogen and oxygen atoms in total. The fourth-order valence-corrected chi connectivity index (χ4v) is 3.74. The van der Waals surface area contributed by atoms with Crippen LogP contribution >= 0.6 is 0 Å². The molecule has 1 aliphatic rings. The molecule has 1 aliphatic carbocycles. The van der Waals surface area contributed by atoms with E-state index in [0.717, 1.165) is 17.8 Å². The second kappa shape index (κ2) is 7.86. The van der Waals surface area contributed by atoms with Crippen LogP contribution in [0.4, 0.5) is 27.5 Å². The van der Waals surface area contributed by atoms with Crippen molar-refractivity contribution < 1.29 is 9.18 Å². The summed E-state index contributed by atoms with van der Waals surface area (Å²) in [4.78, 5) is 22.2. The van der Waals surface area contributed by atoms with E-state index in [4.69, 9.17) is 0 Å². The molecule has 30 heavy (non-hydrogen) atoms.